The van der Waals surface area contributed by atoms with Gasteiger partial charge in [0.1, 0.15) is 5.82 Å². The molecule has 78 valence electrons. The smallest absolute Gasteiger partial charge is 0.124 e. The lowest BCUT2D eigenvalue weighted by Crippen LogP contribution is -1.91. The number of nitrogen functional groups attached to an aromatic ring is 1. The van der Waals surface area contributed by atoms with Gasteiger partial charge in [-0.3, -0.25) is 0 Å². The van der Waals surface area contributed by atoms with Gasteiger partial charge < -0.3 is 11.5 Å². The number of hydrogen-bond donors (Lipinski definition) is 2. The lowest BCUT2D eigenvalue weighted by Gasteiger charge is -1.89. The molecule has 6 heteroatoms. The van der Waals surface area contributed by atoms with Crippen molar-refractivity contribution in [1.29, 1.82) is 0 Å². The molecule has 2 aromatic rings. The Labute approximate surface area is 98.3 Å². The monoisotopic (exact) mass is 251 g/mol. The predicted molar refractivity (Wildman–Crippen MR) is 66.4 cm³/mol. The third-order valence-corrected chi connectivity index (χ3v) is 2.80. The summed E-state index contributed by atoms with van der Waals surface area (Å²) < 4.78 is 1.16. The normalized spacial score (nSPS) is 9.21. The Hall–Kier alpha value is -0.550. The first kappa shape index (κ1) is 13.4. The highest BCUT2D eigenvalue weighted by molar-refractivity contribution is 7.19. The predicted octanol–water partition coefficient (Wildman–Crippen LogP) is 2.18. The Morgan fingerprint density at radius 3 is 2.64 bits per heavy atom. The Morgan fingerprint density at radius 2 is 2.00 bits per heavy atom. The third kappa shape index (κ3) is 2.48. The van der Waals surface area contributed by atoms with E-state index in [0.29, 0.717) is 12.4 Å². The van der Waals surface area contributed by atoms with Crippen molar-refractivity contribution in [2.45, 2.75) is 6.54 Å². The van der Waals surface area contributed by atoms with Gasteiger partial charge in [-0.25, -0.2) is 4.98 Å². The minimum Gasteiger partial charge on any atom is -0.384 e. The summed E-state index contributed by atoms with van der Waals surface area (Å²) in [6, 6.07) is 3.92. The maximum absolute atomic E-state index is 5.54. The molecule has 0 saturated heterocycles. The van der Waals surface area contributed by atoms with Gasteiger partial charge in [0.25, 0.3) is 0 Å². The van der Waals surface area contributed by atoms with Crippen LogP contribution in [0.1, 0.15) is 4.88 Å². The van der Waals surface area contributed by atoms with Gasteiger partial charge in [0.05, 0.1) is 0 Å². The molecule has 3 nitrogen and oxygen atoms in total. The van der Waals surface area contributed by atoms with Crippen LogP contribution in [0.2, 0.25) is 0 Å². The summed E-state index contributed by atoms with van der Waals surface area (Å²) in [5, 5.41) is 1.12. The van der Waals surface area contributed by atoms with Crippen LogP contribution in [0.15, 0.2) is 18.3 Å². The summed E-state index contributed by atoms with van der Waals surface area (Å²) in [5.74, 6) is 0.563. The van der Waals surface area contributed by atoms with E-state index in [1.54, 1.807) is 17.5 Å². The van der Waals surface area contributed by atoms with Gasteiger partial charge in [-0.15, -0.1) is 36.2 Å². The lowest BCUT2D eigenvalue weighted by atomic mass is 10.3. The number of nitrogens with zero attached hydrogens (tertiary/aromatic N) is 1. The zero-order chi connectivity index (χ0) is 8.55. The maximum atomic E-state index is 5.54. The van der Waals surface area contributed by atoms with Crippen LogP contribution in [0, 0.1) is 0 Å². The van der Waals surface area contributed by atoms with Gasteiger partial charge in [0, 0.05) is 27.7 Å². The molecule has 0 atom stereocenters. The number of pyridine rings is 1. The molecule has 4 N–H and O–H groups in total. The van der Waals surface area contributed by atoms with Crippen LogP contribution in [0.4, 0.5) is 5.82 Å². The van der Waals surface area contributed by atoms with E-state index >= 15 is 0 Å². The summed E-state index contributed by atoms with van der Waals surface area (Å²) in [6.07, 6.45) is 1.78. The van der Waals surface area contributed by atoms with Gasteiger partial charge in [-0.2, -0.15) is 0 Å². The Balaban J connectivity index is 0.000000845. The molecule has 14 heavy (non-hydrogen) atoms. The van der Waals surface area contributed by atoms with Gasteiger partial charge in [-0.1, -0.05) is 0 Å². The van der Waals surface area contributed by atoms with Gasteiger partial charge >= 0.3 is 0 Å². The zero-order valence-corrected chi connectivity index (χ0v) is 9.72. The van der Waals surface area contributed by atoms with Gasteiger partial charge in [-0.05, 0) is 12.1 Å². The standard InChI is InChI=1S/C8H9N3S.2ClH/c9-3-6-1-5-4-11-8(10)2-7(5)12-6;;/h1-2,4H,3,9H2,(H2,10,11);2*1H. The van der Waals surface area contributed by atoms with E-state index in [1.807, 2.05) is 12.1 Å². The van der Waals surface area contributed by atoms with Crippen molar-refractivity contribution in [2.24, 2.45) is 5.73 Å². The Kier molecular flexibility index (Phi) is 5.15. The fraction of sp³-hybridized carbons (Fsp3) is 0.125. The van der Waals surface area contributed by atoms with Crippen molar-refractivity contribution in [3.63, 3.8) is 0 Å². The highest BCUT2D eigenvalue weighted by atomic mass is 35.5. The van der Waals surface area contributed by atoms with Crippen molar-refractivity contribution in [2.75, 3.05) is 5.73 Å². The van der Waals surface area contributed by atoms with Gasteiger partial charge in [0.2, 0.25) is 0 Å². The molecule has 0 aliphatic heterocycles. The summed E-state index contributed by atoms with van der Waals surface area (Å²) in [5.41, 5.74) is 11.0. The number of thiophene rings is 1. The molecule has 2 rings (SSSR count). The van der Waals surface area contributed by atoms with Crippen molar-refractivity contribution in [3.05, 3.63) is 23.2 Å². The van der Waals surface area contributed by atoms with Crippen LogP contribution in [0.3, 0.4) is 0 Å². The fourth-order valence-corrected chi connectivity index (χ4v) is 2.06. The van der Waals surface area contributed by atoms with Crippen molar-refractivity contribution < 1.29 is 0 Å². The molecule has 0 saturated carbocycles. The highest BCUT2D eigenvalue weighted by Crippen LogP contribution is 2.25. The van der Waals surface area contributed by atoms with E-state index in [0.717, 1.165) is 15.0 Å². The average Bonchev–Trinajstić information content (AvgIpc) is 2.46. The number of aromatic nitrogens is 1. The molecule has 0 aromatic carbocycles. The molecule has 0 aliphatic carbocycles. The summed E-state index contributed by atoms with van der Waals surface area (Å²) in [7, 11) is 0. The third-order valence-electron chi connectivity index (χ3n) is 1.67. The van der Waals surface area contributed by atoms with Gasteiger partial charge in [0.15, 0.2) is 0 Å². The topological polar surface area (TPSA) is 64.9 Å². The minimum atomic E-state index is 0. The molecule has 2 heterocycles. The molecule has 0 fully saturated rings. The van der Waals surface area contributed by atoms with E-state index in [9.17, 15) is 0 Å². The zero-order valence-electron chi connectivity index (χ0n) is 7.27. The number of nitrogens with two attached hydrogens (primary N) is 2. The van der Waals surface area contributed by atoms with E-state index in [-0.39, 0.29) is 24.8 Å². The van der Waals surface area contributed by atoms with Crippen molar-refractivity contribution in [1.82, 2.24) is 4.98 Å². The van der Waals surface area contributed by atoms with E-state index in [1.165, 1.54) is 0 Å². The van der Waals surface area contributed by atoms with Crippen molar-refractivity contribution >= 4 is 52.1 Å². The molecule has 0 bridgehead atoms. The lowest BCUT2D eigenvalue weighted by molar-refractivity contribution is 1.11. The maximum Gasteiger partial charge on any atom is 0.124 e. The Bertz CT molecular complexity index is 416. The first-order valence-corrected chi connectivity index (χ1v) is 4.45. The van der Waals surface area contributed by atoms with Crippen LogP contribution in [-0.2, 0) is 6.54 Å². The Morgan fingerprint density at radius 1 is 1.29 bits per heavy atom. The molecule has 0 unspecified atom stereocenters. The van der Waals surface area contributed by atoms with E-state index in [4.69, 9.17) is 11.5 Å². The van der Waals surface area contributed by atoms with E-state index < -0.39 is 0 Å². The highest BCUT2D eigenvalue weighted by Gasteiger charge is 2.00. The number of rotatable bonds is 1. The van der Waals surface area contributed by atoms with Crippen LogP contribution in [0.5, 0.6) is 0 Å². The summed E-state index contributed by atoms with van der Waals surface area (Å²) in [6.45, 7) is 0.583. The summed E-state index contributed by atoms with van der Waals surface area (Å²) in [4.78, 5) is 5.16. The van der Waals surface area contributed by atoms with E-state index in [2.05, 4.69) is 4.98 Å². The first-order valence-electron chi connectivity index (χ1n) is 3.63. The molecule has 0 aliphatic rings. The quantitative estimate of drug-likeness (QED) is 0.817. The van der Waals surface area contributed by atoms with Crippen LogP contribution >= 0.6 is 36.2 Å². The fourth-order valence-electron chi connectivity index (χ4n) is 1.10. The van der Waals surface area contributed by atoms with Crippen LogP contribution in [-0.4, -0.2) is 4.98 Å². The molecule has 0 radical (unpaired) electrons. The molecule has 2 aromatic heterocycles. The SMILES string of the molecule is Cl.Cl.NCc1cc2cnc(N)cc2s1. The van der Waals surface area contributed by atoms with Crippen LogP contribution < -0.4 is 11.5 Å². The minimum absolute atomic E-state index is 0. The average molecular weight is 252 g/mol. The summed E-state index contributed by atoms with van der Waals surface area (Å²) >= 11 is 1.67. The number of fused-ring (bicyclic) bond motifs is 1. The van der Waals surface area contributed by atoms with Crippen molar-refractivity contribution in [3.8, 4) is 0 Å². The first-order chi connectivity index (χ1) is 5.79. The largest absolute Gasteiger partial charge is 0.384 e. The molecule has 0 amide bonds. The molecule has 0 spiro atoms. The second-order valence-corrected chi connectivity index (χ2v) is 3.73. The number of hydrogen-bond acceptors (Lipinski definition) is 4. The second kappa shape index (κ2) is 5.36. The van der Waals surface area contributed by atoms with Crippen LogP contribution in [0.25, 0.3) is 10.1 Å². The number of halogens is 2. The molecular formula is C8H11Cl2N3S. The molecular weight excluding hydrogens is 241 g/mol. The number of anilines is 1. The second-order valence-electron chi connectivity index (χ2n) is 2.56.